The van der Waals surface area contributed by atoms with Gasteiger partial charge >= 0.3 is 5.97 Å². The van der Waals surface area contributed by atoms with Gasteiger partial charge in [-0.3, -0.25) is 10.1 Å². The molecule has 0 aromatic heterocycles. The fourth-order valence-corrected chi connectivity index (χ4v) is 1.57. The summed E-state index contributed by atoms with van der Waals surface area (Å²) in [7, 11) is 0. The number of benzene rings is 1. The van der Waals surface area contributed by atoms with Gasteiger partial charge in [0, 0.05) is 17.7 Å². The van der Waals surface area contributed by atoms with E-state index in [9.17, 15) is 14.9 Å². The maximum atomic E-state index is 10.8. The van der Waals surface area contributed by atoms with Crippen LogP contribution in [0.2, 0.25) is 0 Å². The monoisotopic (exact) mass is 265 g/mol. The molecule has 0 unspecified atom stereocenters. The van der Waals surface area contributed by atoms with E-state index in [1.807, 2.05) is 0 Å². The van der Waals surface area contributed by atoms with Crippen molar-refractivity contribution in [3.8, 4) is 5.75 Å². The van der Waals surface area contributed by atoms with Crippen LogP contribution in [-0.2, 0) is 4.79 Å². The van der Waals surface area contributed by atoms with Crippen LogP contribution in [0.5, 0.6) is 5.75 Å². The lowest BCUT2D eigenvalue weighted by atomic mass is 10.1. The molecule has 6 nitrogen and oxygen atoms in total. The van der Waals surface area contributed by atoms with Gasteiger partial charge in [0.15, 0.2) is 0 Å². The molecule has 0 aliphatic rings. The van der Waals surface area contributed by atoms with Gasteiger partial charge in [0.05, 0.1) is 4.92 Å². The Bertz CT molecular complexity index is 548. The zero-order chi connectivity index (χ0) is 14.6. The second kappa shape index (κ2) is 5.99. The van der Waals surface area contributed by atoms with Gasteiger partial charge in [-0.2, -0.15) is 0 Å². The number of carbonyl (C=O) groups is 1. The Labute approximate surface area is 110 Å². The number of hydrogen-bond acceptors (Lipinski definition) is 4. The molecule has 0 atom stereocenters. The SMILES string of the molecule is CC(=CC(=O)O)COc1cc(C)c([N+](=O)[O-])cc1C. The number of nitro benzene ring substituents is 1. The van der Waals surface area contributed by atoms with Crippen molar-refractivity contribution in [2.24, 2.45) is 0 Å². The fourth-order valence-electron chi connectivity index (χ4n) is 1.57. The average Bonchev–Trinajstić information content (AvgIpc) is 2.28. The Morgan fingerprint density at radius 3 is 2.58 bits per heavy atom. The Kier molecular flexibility index (Phi) is 4.63. The predicted molar refractivity (Wildman–Crippen MR) is 69.5 cm³/mol. The minimum Gasteiger partial charge on any atom is -0.489 e. The lowest BCUT2D eigenvalue weighted by Crippen LogP contribution is -2.03. The van der Waals surface area contributed by atoms with Crippen molar-refractivity contribution in [2.75, 3.05) is 6.61 Å². The highest BCUT2D eigenvalue weighted by Crippen LogP contribution is 2.27. The molecule has 0 heterocycles. The van der Waals surface area contributed by atoms with Gasteiger partial charge in [-0.1, -0.05) is 0 Å². The van der Waals surface area contributed by atoms with Gasteiger partial charge < -0.3 is 9.84 Å². The summed E-state index contributed by atoms with van der Waals surface area (Å²) in [6.45, 7) is 5.11. The van der Waals surface area contributed by atoms with Crippen molar-refractivity contribution in [3.05, 3.63) is 45.0 Å². The van der Waals surface area contributed by atoms with Gasteiger partial charge in [-0.15, -0.1) is 0 Å². The number of carboxylic acid groups (broad SMARTS) is 1. The smallest absolute Gasteiger partial charge is 0.328 e. The molecule has 0 aliphatic heterocycles. The highest BCUT2D eigenvalue weighted by Gasteiger charge is 2.14. The number of aliphatic carboxylic acids is 1. The molecule has 1 N–H and O–H groups in total. The van der Waals surface area contributed by atoms with Crippen molar-refractivity contribution in [1.29, 1.82) is 0 Å². The Balaban J connectivity index is 2.89. The first kappa shape index (κ1) is 14.7. The third-order valence-corrected chi connectivity index (χ3v) is 2.52. The summed E-state index contributed by atoms with van der Waals surface area (Å²) < 4.78 is 5.46. The maximum Gasteiger partial charge on any atom is 0.328 e. The van der Waals surface area contributed by atoms with E-state index in [0.29, 0.717) is 22.4 Å². The molecule has 1 aromatic rings. The summed E-state index contributed by atoms with van der Waals surface area (Å²) >= 11 is 0. The van der Waals surface area contributed by atoms with Crippen LogP contribution in [0.3, 0.4) is 0 Å². The number of carboxylic acids is 1. The molecule has 102 valence electrons. The zero-order valence-electron chi connectivity index (χ0n) is 11.0. The minimum atomic E-state index is -1.03. The Hall–Kier alpha value is -2.37. The standard InChI is InChI=1S/C13H15NO5/c1-8(4-13(15)16)7-19-12-6-9(2)11(14(17)18)5-10(12)3/h4-6H,7H2,1-3H3,(H,15,16). The van der Waals surface area contributed by atoms with E-state index in [1.54, 1.807) is 26.8 Å². The number of aryl methyl sites for hydroxylation is 2. The molecule has 0 aliphatic carbocycles. The topological polar surface area (TPSA) is 89.7 Å². The summed E-state index contributed by atoms with van der Waals surface area (Å²) in [5, 5.41) is 19.3. The first-order valence-electron chi connectivity index (χ1n) is 5.59. The van der Waals surface area contributed by atoms with Gasteiger partial charge in [-0.05, 0) is 38.0 Å². The highest BCUT2D eigenvalue weighted by atomic mass is 16.6. The van der Waals surface area contributed by atoms with Crippen LogP contribution < -0.4 is 4.74 Å². The second-order valence-electron chi connectivity index (χ2n) is 4.28. The molecule has 0 radical (unpaired) electrons. The van der Waals surface area contributed by atoms with Gasteiger partial charge in [0.2, 0.25) is 0 Å². The molecule has 0 fully saturated rings. The fraction of sp³-hybridized carbons (Fsp3) is 0.308. The van der Waals surface area contributed by atoms with Crippen LogP contribution >= 0.6 is 0 Å². The van der Waals surface area contributed by atoms with Crippen molar-refractivity contribution < 1.29 is 19.6 Å². The van der Waals surface area contributed by atoms with Crippen molar-refractivity contribution in [1.82, 2.24) is 0 Å². The van der Waals surface area contributed by atoms with Gasteiger partial charge in [0.25, 0.3) is 5.69 Å². The maximum absolute atomic E-state index is 10.8. The minimum absolute atomic E-state index is 0.0441. The lowest BCUT2D eigenvalue weighted by Gasteiger charge is -2.10. The third-order valence-electron chi connectivity index (χ3n) is 2.52. The van der Waals surface area contributed by atoms with Crippen molar-refractivity contribution in [2.45, 2.75) is 20.8 Å². The highest BCUT2D eigenvalue weighted by molar-refractivity contribution is 5.80. The number of nitrogens with zero attached hydrogens (tertiary/aromatic N) is 1. The summed E-state index contributed by atoms with van der Waals surface area (Å²) in [6.07, 6.45) is 1.06. The first-order valence-corrected chi connectivity index (χ1v) is 5.59. The van der Waals surface area contributed by atoms with Crippen LogP contribution in [0, 0.1) is 24.0 Å². The largest absolute Gasteiger partial charge is 0.489 e. The third kappa shape index (κ3) is 4.09. The lowest BCUT2D eigenvalue weighted by molar-refractivity contribution is -0.385. The molecule has 0 amide bonds. The molecule has 0 bridgehead atoms. The van der Waals surface area contributed by atoms with E-state index in [2.05, 4.69) is 0 Å². The normalized spacial score (nSPS) is 11.2. The summed E-state index contributed by atoms with van der Waals surface area (Å²) in [5.74, 6) is -0.515. The van der Waals surface area contributed by atoms with E-state index >= 15 is 0 Å². The zero-order valence-corrected chi connectivity index (χ0v) is 11.0. The van der Waals surface area contributed by atoms with Gasteiger partial charge in [-0.25, -0.2) is 4.79 Å². The quantitative estimate of drug-likeness (QED) is 0.502. The average molecular weight is 265 g/mol. The van der Waals surface area contributed by atoms with E-state index < -0.39 is 10.9 Å². The molecular formula is C13H15NO5. The number of hydrogen-bond donors (Lipinski definition) is 1. The van der Waals surface area contributed by atoms with E-state index in [4.69, 9.17) is 9.84 Å². The molecule has 1 aromatic carbocycles. The number of rotatable bonds is 5. The van der Waals surface area contributed by atoms with Crippen LogP contribution in [0.1, 0.15) is 18.1 Å². The van der Waals surface area contributed by atoms with Crippen LogP contribution in [0.25, 0.3) is 0 Å². The number of nitro groups is 1. The van der Waals surface area contributed by atoms with E-state index in [1.165, 1.54) is 6.07 Å². The van der Waals surface area contributed by atoms with Gasteiger partial charge in [0.1, 0.15) is 12.4 Å². The van der Waals surface area contributed by atoms with E-state index in [-0.39, 0.29) is 12.3 Å². The van der Waals surface area contributed by atoms with Crippen molar-refractivity contribution >= 4 is 11.7 Å². The molecule has 0 spiro atoms. The van der Waals surface area contributed by atoms with Crippen LogP contribution in [0.15, 0.2) is 23.8 Å². The van der Waals surface area contributed by atoms with Crippen molar-refractivity contribution in [3.63, 3.8) is 0 Å². The molecule has 0 saturated carbocycles. The van der Waals surface area contributed by atoms with Crippen LogP contribution in [-0.4, -0.2) is 22.6 Å². The summed E-state index contributed by atoms with van der Waals surface area (Å²) in [6, 6.07) is 3.03. The Morgan fingerprint density at radius 2 is 2.05 bits per heavy atom. The molecule has 6 heteroatoms. The first-order chi connectivity index (χ1) is 8.81. The molecule has 0 saturated heterocycles. The molecule has 19 heavy (non-hydrogen) atoms. The van der Waals surface area contributed by atoms with E-state index in [0.717, 1.165) is 6.08 Å². The molecular weight excluding hydrogens is 250 g/mol. The van der Waals surface area contributed by atoms with Crippen LogP contribution in [0.4, 0.5) is 5.69 Å². The predicted octanol–water partition coefficient (Wildman–Crippen LogP) is 2.62. The summed E-state index contributed by atoms with van der Waals surface area (Å²) in [4.78, 5) is 20.8. The second-order valence-corrected chi connectivity index (χ2v) is 4.28. The number of ether oxygens (including phenoxy) is 1. The summed E-state index contributed by atoms with van der Waals surface area (Å²) in [5.41, 5.74) is 1.75. The Morgan fingerprint density at radius 1 is 1.42 bits per heavy atom. The molecule has 1 rings (SSSR count).